The highest BCUT2D eigenvalue weighted by Crippen LogP contribution is 2.33. The first-order chi connectivity index (χ1) is 32.6. The number of carbonyl (C=O) groups is 4. The first-order valence-electron chi connectivity index (χ1n) is 23.1. The van der Waals surface area contributed by atoms with E-state index in [4.69, 9.17) is 28.4 Å². The number of hydrogen-bond donors (Lipinski definition) is 6. The molecule has 0 bridgehead atoms. The number of aryl methyl sites for hydroxylation is 2. The van der Waals surface area contributed by atoms with Crippen molar-refractivity contribution in [2.75, 3.05) is 39.5 Å². The molecule has 0 saturated heterocycles. The van der Waals surface area contributed by atoms with Gasteiger partial charge in [-0.2, -0.15) is 0 Å². The molecule has 0 aromatic heterocycles. The number of nitrogens with one attached hydrogen (secondary N) is 2. The van der Waals surface area contributed by atoms with E-state index in [0.29, 0.717) is 41.4 Å². The Morgan fingerprint density at radius 1 is 0.521 bits per heavy atom. The normalized spacial score (nSPS) is 12.5. The third-order valence-corrected chi connectivity index (χ3v) is 10.3. The first kappa shape index (κ1) is 60.9. The van der Waals surface area contributed by atoms with Crippen LogP contribution in [0, 0.1) is 24.7 Å². The van der Waals surface area contributed by atoms with Crippen molar-refractivity contribution in [2.45, 2.75) is 127 Å². The molecule has 4 rings (SSSR count). The zero-order valence-corrected chi connectivity index (χ0v) is 42.8. The van der Waals surface area contributed by atoms with Gasteiger partial charge in [0.1, 0.15) is 51.8 Å². The molecule has 0 aliphatic carbocycles. The molecule has 392 valence electrons. The second-order valence-corrected chi connectivity index (χ2v) is 20.5. The molecule has 6 N–H and O–H groups in total. The minimum atomic E-state index is -0.979. The predicted molar refractivity (Wildman–Crippen MR) is 272 cm³/mol. The van der Waals surface area contributed by atoms with Crippen LogP contribution in [0.15, 0.2) is 84.9 Å². The Kier molecular flexibility index (Phi) is 23.5. The van der Waals surface area contributed by atoms with Crippen molar-refractivity contribution in [1.82, 2.24) is 10.6 Å². The van der Waals surface area contributed by atoms with E-state index in [1.807, 2.05) is 88.4 Å². The number of aliphatic hydroxyl groups excluding tert-OH is 2. The molecular formula is C55H78N2O14. The molecule has 0 spiro atoms. The van der Waals surface area contributed by atoms with Gasteiger partial charge in [-0.15, -0.1) is 0 Å². The minimum Gasteiger partial charge on any atom is -0.504 e. The van der Waals surface area contributed by atoms with Crippen LogP contribution in [0.5, 0.6) is 23.0 Å². The van der Waals surface area contributed by atoms with E-state index in [0.717, 1.165) is 17.2 Å². The molecule has 0 aliphatic rings. The van der Waals surface area contributed by atoms with Crippen LogP contribution < -0.4 is 20.1 Å². The fourth-order valence-corrected chi connectivity index (χ4v) is 5.91. The third kappa shape index (κ3) is 21.8. The first-order valence-corrected chi connectivity index (χ1v) is 23.1. The summed E-state index contributed by atoms with van der Waals surface area (Å²) in [6.45, 7) is 22.1. The molecule has 0 radical (unpaired) electrons. The number of ether oxygens (including phenoxy) is 6. The van der Waals surface area contributed by atoms with E-state index in [1.165, 1.54) is 6.07 Å². The van der Waals surface area contributed by atoms with Gasteiger partial charge in [-0.05, 0) is 130 Å². The van der Waals surface area contributed by atoms with Crippen LogP contribution in [-0.2, 0) is 41.8 Å². The van der Waals surface area contributed by atoms with Crippen LogP contribution in [0.25, 0.3) is 0 Å². The summed E-state index contributed by atoms with van der Waals surface area (Å²) in [6, 6.07) is 25.3. The van der Waals surface area contributed by atoms with Gasteiger partial charge in [0, 0.05) is 24.2 Å². The van der Waals surface area contributed by atoms with Gasteiger partial charge in [0.25, 0.3) is 0 Å². The summed E-state index contributed by atoms with van der Waals surface area (Å²) >= 11 is 0. The molecule has 2 atom stereocenters. The van der Waals surface area contributed by atoms with Crippen molar-refractivity contribution in [3.8, 4) is 23.0 Å². The second kappa shape index (κ2) is 27.4. The van der Waals surface area contributed by atoms with Gasteiger partial charge >= 0.3 is 23.9 Å². The van der Waals surface area contributed by atoms with Gasteiger partial charge in [0.05, 0.1) is 22.0 Å². The van der Waals surface area contributed by atoms with E-state index >= 15 is 0 Å². The predicted octanol–water partition coefficient (Wildman–Crippen LogP) is 8.15. The average Bonchev–Trinajstić information content (AvgIpc) is 3.30. The lowest BCUT2D eigenvalue weighted by Gasteiger charge is -2.28. The zero-order chi connectivity index (χ0) is 52.5. The lowest BCUT2D eigenvalue weighted by atomic mass is 9.97. The molecule has 0 saturated carbocycles. The van der Waals surface area contributed by atoms with Crippen LogP contribution in [0.2, 0.25) is 0 Å². The molecule has 4 aromatic carbocycles. The van der Waals surface area contributed by atoms with Crippen LogP contribution in [0.3, 0.4) is 0 Å². The number of esters is 4. The maximum absolute atomic E-state index is 13.1. The molecule has 0 unspecified atom stereocenters. The standard InChI is InChI=1S/C34H43NO7.C20H31NO7.CH4/c1-24-17-29(39-20-25-13-9-7-10-14-25)30(40-21-26-15-11-8-12-16-26)18-28(24)31(37)41-22-27(36)19-35-34(5,6)23-42-32(38)33(2,3)4;1-12-7-15(23)16(24)8-14(12)17(25)27-10-13(22)9-21-20(5,6)11-28-18(26)19(2,3)4;/h7-18,27,35-36H,19-23H2,1-6H3;7-8,13,21-24H,9-11H2,1-6H3;1H4/t27-;13-;/m00./s1. The van der Waals surface area contributed by atoms with Gasteiger partial charge < -0.3 is 59.5 Å². The average molecular weight is 991 g/mol. The van der Waals surface area contributed by atoms with Crippen molar-refractivity contribution < 1.29 is 68.0 Å². The van der Waals surface area contributed by atoms with Gasteiger partial charge in [-0.25, -0.2) is 9.59 Å². The zero-order valence-electron chi connectivity index (χ0n) is 42.8. The van der Waals surface area contributed by atoms with Gasteiger partial charge in [0.15, 0.2) is 23.0 Å². The Morgan fingerprint density at radius 3 is 1.27 bits per heavy atom. The number of hydrogen-bond acceptors (Lipinski definition) is 16. The van der Waals surface area contributed by atoms with Gasteiger partial charge in [-0.3, -0.25) is 9.59 Å². The quantitative estimate of drug-likeness (QED) is 0.0248. The topological polar surface area (TPSA) is 229 Å². The molecule has 71 heavy (non-hydrogen) atoms. The highest BCUT2D eigenvalue weighted by molar-refractivity contribution is 5.92. The Labute approximate surface area is 420 Å². The Morgan fingerprint density at radius 2 is 0.873 bits per heavy atom. The number of phenolic OH excluding ortho intramolecular Hbond substituents is 2. The highest BCUT2D eigenvalue weighted by Gasteiger charge is 2.29. The maximum Gasteiger partial charge on any atom is 0.338 e. The molecule has 16 nitrogen and oxygen atoms in total. The van der Waals surface area contributed by atoms with Crippen LogP contribution in [0.4, 0.5) is 0 Å². The van der Waals surface area contributed by atoms with Gasteiger partial charge in [-0.1, -0.05) is 68.1 Å². The van der Waals surface area contributed by atoms with E-state index in [2.05, 4.69) is 10.6 Å². The van der Waals surface area contributed by atoms with E-state index in [9.17, 15) is 39.6 Å². The summed E-state index contributed by atoms with van der Waals surface area (Å²) < 4.78 is 33.4. The largest absolute Gasteiger partial charge is 0.504 e. The SMILES string of the molecule is C.Cc1cc(O)c(O)cc1C(=O)OC[C@@H](O)CNC(C)(C)COC(=O)C(C)(C)C.Cc1cc(OCc2ccccc2)c(OCc2ccccc2)cc1C(=O)OC[C@@H](O)CNC(C)(C)COC(=O)C(C)(C)C. The van der Waals surface area contributed by atoms with E-state index in [1.54, 1.807) is 67.5 Å². The number of benzene rings is 4. The van der Waals surface area contributed by atoms with Crippen molar-refractivity contribution in [3.05, 3.63) is 118 Å². The minimum absolute atomic E-state index is 0. The van der Waals surface area contributed by atoms with Crippen molar-refractivity contribution in [3.63, 3.8) is 0 Å². The summed E-state index contributed by atoms with van der Waals surface area (Å²) in [5, 5.41) is 45.7. The highest BCUT2D eigenvalue weighted by atomic mass is 16.6. The Bertz CT molecular complexity index is 2320. The van der Waals surface area contributed by atoms with Gasteiger partial charge in [0.2, 0.25) is 0 Å². The Hall–Kier alpha value is -6.20. The molecule has 16 heteroatoms. The van der Waals surface area contributed by atoms with Crippen molar-refractivity contribution in [2.24, 2.45) is 10.8 Å². The van der Waals surface area contributed by atoms with Crippen LogP contribution in [-0.4, -0.2) is 107 Å². The summed E-state index contributed by atoms with van der Waals surface area (Å²) in [5.41, 5.74) is 1.15. The van der Waals surface area contributed by atoms with E-state index in [-0.39, 0.29) is 70.2 Å². The molecule has 0 aliphatic heterocycles. The molecular weight excluding hydrogens is 913 g/mol. The fourth-order valence-electron chi connectivity index (χ4n) is 5.91. The van der Waals surface area contributed by atoms with Crippen molar-refractivity contribution >= 4 is 23.9 Å². The lowest BCUT2D eigenvalue weighted by molar-refractivity contribution is -0.155. The number of aromatic hydroxyl groups is 2. The Balaban J connectivity index is 0.000000520. The van der Waals surface area contributed by atoms with Crippen molar-refractivity contribution in [1.29, 1.82) is 0 Å². The summed E-state index contributed by atoms with van der Waals surface area (Å²) in [4.78, 5) is 49.1. The number of β-amino-alcohol motifs (C(OH)–C–C–N with tert-alkyl or cyclic N) is 2. The smallest absolute Gasteiger partial charge is 0.338 e. The monoisotopic (exact) mass is 991 g/mol. The maximum atomic E-state index is 13.1. The molecule has 0 fully saturated rings. The number of aliphatic hydroxyl groups is 2. The molecule has 4 aromatic rings. The number of rotatable bonds is 22. The lowest BCUT2D eigenvalue weighted by Crippen LogP contribution is -2.48. The van der Waals surface area contributed by atoms with Crippen LogP contribution >= 0.6 is 0 Å². The number of phenols is 2. The summed E-state index contributed by atoms with van der Waals surface area (Å²) in [5.74, 6) is -1.73. The fraction of sp³-hybridized carbons (Fsp3) is 0.491. The summed E-state index contributed by atoms with van der Waals surface area (Å²) in [6.07, 6.45) is -1.94. The number of carbonyl (C=O) groups excluding carboxylic acids is 4. The van der Waals surface area contributed by atoms with E-state index < -0.39 is 51.8 Å². The van der Waals surface area contributed by atoms with Crippen LogP contribution in [0.1, 0.15) is 120 Å². The third-order valence-electron chi connectivity index (χ3n) is 10.3. The summed E-state index contributed by atoms with van der Waals surface area (Å²) in [7, 11) is 0. The second-order valence-electron chi connectivity index (χ2n) is 20.5. The molecule has 0 amide bonds. The molecule has 0 heterocycles.